The molecule has 0 aromatic carbocycles. The summed E-state index contributed by atoms with van der Waals surface area (Å²) in [5.41, 5.74) is 0. The molecule has 1 N–H and O–H groups in total. The Kier molecular flexibility index (Phi) is 4.45. The van der Waals surface area contributed by atoms with Gasteiger partial charge in [0.1, 0.15) is 0 Å². The second kappa shape index (κ2) is 6.07. The average Bonchev–Trinajstić information content (AvgIpc) is 2.70. The van der Waals surface area contributed by atoms with Crippen molar-refractivity contribution in [2.24, 2.45) is 11.8 Å². The molecular formula is C15H24N2O. The third kappa shape index (κ3) is 2.95. The van der Waals surface area contributed by atoms with Gasteiger partial charge in [-0.3, -0.25) is 0 Å². The molecule has 0 spiro atoms. The summed E-state index contributed by atoms with van der Waals surface area (Å²) < 4.78 is 5.73. The molecule has 0 aliphatic heterocycles. The van der Waals surface area contributed by atoms with Crippen LogP contribution in [0.4, 0.5) is 5.82 Å². The second-order valence-electron chi connectivity index (χ2n) is 5.36. The van der Waals surface area contributed by atoms with Crippen LogP contribution in [0, 0.1) is 11.8 Å². The van der Waals surface area contributed by atoms with Crippen molar-refractivity contribution in [2.45, 2.75) is 46.1 Å². The van der Waals surface area contributed by atoms with Gasteiger partial charge in [-0.1, -0.05) is 20.8 Å². The molecule has 2 rings (SSSR count). The lowest BCUT2D eigenvalue weighted by Gasteiger charge is -2.21. The van der Waals surface area contributed by atoms with Crippen LogP contribution in [0.3, 0.4) is 0 Å². The molecule has 1 saturated carbocycles. The van der Waals surface area contributed by atoms with Crippen molar-refractivity contribution < 1.29 is 4.74 Å². The molecule has 3 atom stereocenters. The first-order valence-electron chi connectivity index (χ1n) is 7.06. The SMILES string of the molecule is CCCOc1cccnc1NC1CCC(C)C1C. The van der Waals surface area contributed by atoms with Crippen LogP contribution in [-0.2, 0) is 0 Å². The molecule has 0 bridgehead atoms. The zero-order valence-corrected chi connectivity index (χ0v) is 11.6. The van der Waals surface area contributed by atoms with Crippen LogP contribution < -0.4 is 10.1 Å². The highest BCUT2D eigenvalue weighted by Crippen LogP contribution is 2.34. The van der Waals surface area contributed by atoms with E-state index in [4.69, 9.17) is 4.74 Å². The summed E-state index contributed by atoms with van der Waals surface area (Å²) in [6.07, 6.45) is 5.37. The van der Waals surface area contributed by atoms with Gasteiger partial charge < -0.3 is 10.1 Å². The van der Waals surface area contributed by atoms with Gasteiger partial charge in [0.2, 0.25) is 0 Å². The smallest absolute Gasteiger partial charge is 0.168 e. The first-order chi connectivity index (χ1) is 8.72. The molecule has 1 aromatic heterocycles. The van der Waals surface area contributed by atoms with E-state index in [0.29, 0.717) is 12.0 Å². The molecule has 1 aliphatic carbocycles. The molecule has 0 amide bonds. The van der Waals surface area contributed by atoms with Crippen molar-refractivity contribution in [1.82, 2.24) is 4.98 Å². The number of ether oxygens (including phenoxy) is 1. The minimum atomic E-state index is 0.527. The minimum absolute atomic E-state index is 0.527. The van der Waals surface area contributed by atoms with Gasteiger partial charge in [0.25, 0.3) is 0 Å². The van der Waals surface area contributed by atoms with Gasteiger partial charge in [0.15, 0.2) is 11.6 Å². The van der Waals surface area contributed by atoms with Crippen molar-refractivity contribution in [2.75, 3.05) is 11.9 Å². The molecule has 1 fully saturated rings. The van der Waals surface area contributed by atoms with Crippen LogP contribution >= 0.6 is 0 Å². The Morgan fingerprint density at radius 3 is 2.89 bits per heavy atom. The predicted octanol–water partition coefficient (Wildman–Crippen LogP) is 3.72. The Bertz CT molecular complexity index is 381. The summed E-state index contributed by atoms with van der Waals surface area (Å²) in [7, 11) is 0. The van der Waals surface area contributed by atoms with E-state index in [1.54, 1.807) is 0 Å². The number of pyridine rings is 1. The standard InChI is InChI=1S/C15H24N2O/c1-4-10-18-14-6-5-9-16-15(14)17-13-8-7-11(2)12(13)3/h5-6,9,11-13H,4,7-8,10H2,1-3H3,(H,16,17). The number of aromatic nitrogens is 1. The maximum absolute atomic E-state index is 5.73. The van der Waals surface area contributed by atoms with E-state index in [-0.39, 0.29) is 0 Å². The summed E-state index contributed by atoms with van der Waals surface area (Å²) in [4.78, 5) is 4.42. The van der Waals surface area contributed by atoms with Crippen LogP contribution in [0.25, 0.3) is 0 Å². The van der Waals surface area contributed by atoms with E-state index < -0.39 is 0 Å². The van der Waals surface area contributed by atoms with E-state index in [2.05, 4.69) is 31.1 Å². The largest absolute Gasteiger partial charge is 0.490 e. The fourth-order valence-electron chi connectivity index (χ4n) is 2.57. The highest BCUT2D eigenvalue weighted by Gasteiger charge is 2.30. The third-order valence-electron chi connectivity index (χ3n) is 4.02. The molecule has 1 aromatic rings. The highest BCUT2D eigenvalue weighted by molar-refractivity contribution is 5.50. The normalized spacial score (nSPS) is 27.2. The maximum atomic E-state index is 5.73. The van der Waals surface area contributed by atoms with Crippen molar-refractivity contribution in [3.8, 4) is 5.75 Å². The van der Waals surface area contributed by atoms with E-state index in [0.717, 1.165) is 30.5 Å². The lowest BCUT2D eigenvalue weighted by Crippen LogP contribution is -2.24. The molecule has 18 heavy (non-hydrogen) atoms. The van der Waals surface area contributed by atoms with Gasteiger partial charge in [-0.15, -0.1) is 0 Å². The fourth-order valence-corrected chi connectivity index (χ4v) is 2.57. The maximum Gasteiger partial charge on any atom is 0.168 e. The Morgan fingerprint density at radius 2 is 2.22 bits per heavy atom. The van der Waals surface area contributed by atoms with Gasteiger partial charge in [-0.05, 0) is 43.2 Å². The van der Waals surface area contributed by atoms with Crippen LogP contribution in [-0.4, -0.2) is 17.6 Å². The molecule has 1 heterocycles. The van der Waals surface area contributed by atoms with Gasteiger partial charge in [-0.25, -0.2) is 4.98 Å². The number of nitrogens with zero attached hydrogens (tertiary/aromatic N) is 1. The average molecular weight is 248 g/mol. The van der Waals surface area contributed by atoms with Gasteiger partial charge >= 0.3 is 0 Å². The minimum Gasteiger partial charge on any atom is -0.490 e. The van der Waals surface area contributed by atoms with E-state index >= 15 is 0 Å². The summed E-state index contributed by atoms with van der Waals surface area (Å²) >= 11 is 0. The van der Waals surface area contributed by atoms with Crippen molar-refractivity contribution in [3.05, 3.63) is 18.3 Å². The Morgan fingerprint density at radius 1 is 1.39 bits per heavy atom. The number of hydrogen-bond acceptors (Lipinski definition) is 3. The summed E-state index contributed by atoms with van der Waals surface area (Å²) in [5, 5.41) is 3.56. The molecule has 3 unspecified atom stereocenters. The van der Waals surface area contributed by atoms with E-state index in [1.165, 1.54) is 12.8 Å². The molecule has 0 saturated heterocycles. The predicted molar refractivity (Wildman–Crippen MR) is 75.0 cm³/mol. The fraction of sp³-hybridized carbons (Fsp3) is 0.667. The van der Waals surface area contributed by atoms with Crippen molar-refractivity contribution >= 4 is 5.82 Å². The van der Waals surface area contributed by atoms with Gasteiger partial charge in [-0.2, -0.15) is 0 Å². The van der Waals surface area contributed by atoms with Crippen LogP contribution in [0.1, 0.15) is 40.0 Å². The summed E-state index contributed by atoms with van der Waals surface area (Å²) in [6, 6.07) is 4.45. The third-order valence-corrected chi connectivity index (χ3v) is 4.02. The van der Waals surface area contributed by atoms with Crippen molar-refractivity contribution in [3.63, 3.8) is 0 Å². The molecule has 3 heteroatoms. The number of hydrogen-bond donors (Lipinski definition) is 1. The topological polar surface area (TPSA) is 34.1 Å². The lowest BCUT2D eigenvalue weighted by molar-refractivity contribution is 0.317. The van der Waals surface area contributed by atoms with E-state index in [9.17, 15) is 0 Å². The zero-order valence-electron chi connectivity index (χ0n) is 11.6. The monoisotopic (exact) mass is 248 g/mol. The molecule has 0 radical (unpaired) electrons. The number of nitrogens with one attached hydrogen (secondary N) is 1. The van der Waals surface area contributed by atoms with Crippen LogP contribution in [0.2, 0.25) is 0 Å². The molecule has 1 aliphatic rings. The van der Waals surface area contributed by atoms with Gasteiger partial charge in [0, 0.05) is 12.2 Å². The lowest BCUT2D eigenvalue weighted by atomic mass is 9.98. The number of anilines is 1. The molecule has 100 valence electrons. The zero-order chi connectivity index (χ0) is 13.0. The van der Waals surface area contributed by atoms with E-state index in [1.807, 2.05) is 18.3 Å². The van der Waals surface area contributed by atoms with Gasteiger partial charge in [0.05, 0.1) is 6.61 Å². The Labute approximate surface area is 110 Å². The van der Waals surface area contributed by atoms with Crippen LogP contribution in [0.5, 0.6) is 5.75 Å². The Balaban J connectivity index is 2.04. The Hall–Kier alpha value is -1.25. The van der Waals surface area contributed by atoms with Crippen molar-refractivity contribution in [1.29, 1.82) is 0 Å². The highest BCUT2D eigenvalue weighted by atomic mass is 16.5. The molecular weight excluding hydrogens is 224 g/mol. The van der Waals surface area contributed by atoms with Crippen LogP contribution in [0.15, 0.2) is 18.3 Å². The first-order valence-corrected chi connectivity index (χ1v) is 7.06. The second-order valence-corrected chi connectivity index (χ2v) is 5.36. The quantitative estimate of drug-likeness (QED) is 0.862. The number of rotatable bonds is 5. The first kappa shape index (κ1) is 13.2. The summed E-state index contributed by atoms with van der Waals surface area (Å²) in [5.74, 6) is 3.28. The molecule has 3 nitrogen and oxygen atoms in total. The summed E-state index contributed by atoms with van der Waals surface area (Å²) in [6.45, 7) is 7.52.